The normalized spacial score (nSPS) is 80.0. The first kappa shape index (κ1) is 4.00. The second-order valence-corrected chi connectivity index (χ2v) is 4.71. The van der Waals surface area contributed by atoms with E-state index in [2.05, 4.69) is 0 Å². The highest BCUT2D eigenvalue weighted by atomic mass is 14.8. The summed E-state index contributed by atoms with van der Waals surface area (Å²) >= 11 is 0. The highest BCUT2D eigenvalue weighted by Gasteiger charge is 2.72. The van der Waals surface area contributed by atoms with Crippen molar-refractivity contribution in [3.8, 4) is 0 Å². The molecule has 0 nitrogen and oxygen atoms in total. The molecule has 9 heavy (non-hydrogen) atoms. The van der Waals surface area contributed by atoms with Crippen molar-refractivity contribution < 1.29 is 0 Å². The molecule has 0 aromatic heterocycles. The highest BCUT2D eigenvalue weighted by molar-refractivity contribution is 5.20. The number of rotatable bonds is 0. The SMILES string of the molecule is C1C2CC3C4C1CC2C34. The summed E-state index contributed by atoms with van der Waals surface area (Å²) in [6.45, 7) is 0. The second-order valence-electron chi connectivity index (χ2n) is 4.71. The molecule has 0 aromatic rings. The van der Waals surface area contributed by atoms with E-state index in [1.165, 1.54) is 35.5 Å². The fourth-order valence-electron chi connectivity index (χ4n) is 4.62. The van der Waals surface area contributed by atoms with Crippen LogP contribution in [-0.4, -0.2) is 0 Å². The van der Waals surface area contributed by atoms with Gasteiger partial charge in [0, 0.05) is 0 Å². The fraction of sp³-hybridized carbons (Fsp3) is 1.00. The Kier molecular flexibility index (Phi) is 0.395. The zero-order valence-electron chi connectivity index (χ0n) is 5.59. The van der Waals surface area contributed by atoms with Crippen LogP contribution in [-0.2, 0) is 0 Å². The Labute approximate surface area is 55.6 Å². The number of hydrogen-bond acceptors (Lipinski definition) is 0. The summed E-state index contributed by atoms with van der Waals surface area (Å²) in [6, 6.07) is 0. The van der Waals surface area contributed by atoms with Crippen LogP contribution >= 0.6 is 0 Å². The van der Waals surface area contributed by atoms with Crippen LogP contribution < -0.4 is 0 Å². The average molecular weight is 120 g/mol. The summed E-state index contributed by atoms with van der Waals surface area (Å²) in [5, 5.41) is 0. The van der Waals surface area contributed by atoms with Gasteiger partial charge in [-0.3, -0.25) is 0 Å². The molecule has 4 aliphatic rings. The van der Waals surface area contributed by atoms with Crippen molar-refractivity contribution in [1.82, 2.24) is 0 Å². The molecule has 0 radical (unpaired) electrons. The van der Waals surface area contributed by atoms with Crippen LogP contribution in [0, 0.1) is 35.5 Å². The van der Waals surface area contributed by atoms with E-state index in [-0.39, 0.29) is 0 Å². The molecule has 0 aromatic carbocycles. The minimum Gasteiger partial charge on any atom is -0.0470 e. The molecule has 4 rings (SSSR count). The molecule has 4 fully saturated rings. The standard InChI is InChI=1S/C9H12/c1-4-2-7-8-5(1)3-6(4)9(7)8/h4-9H,1-3H2. The van der Waals surface area contributed by atoms with Gasteiger partial charge in [0.2, 0.25) is 0 Å². The summed E-state index contributed by atoms with van der Waals surface area (Å²) in [5.41, 5.74) is 0. The maximum absolute atomic E-state index is 1.65. The molecule has 2 bridgehead atoms. The Hall–Kier alpha value is 0. The Bertz CT molecular complexity index is 170. The van der Waals surface area contributed by atoms with Crippen LogP contribution in [0.2, 0.25) is 0 Å². The molecule has 0 aliphatic heterocycles. The smallest absolute Gasteiger partial charge is 0.0318 e. The summed E-state index contributed by atoms with van der Waals surface area (Å²) in [7, 11) is 0. The first-order valence-electron chi connectivity index (χ1n) is 4.45. The third kappa shape index (κ3) is 0.249. The first-order chi connectivity index (χ1) is 4.45. The lowest BCUT2D eigenvalue weighted by Gasteiger charge is -2.19. The predicted octanol–water partition coefficient (Wildman–Crippen LogP) is 1.91. The van der Waals surface area contributed by atoms with Crippen molar-refractivity contribution in [3.63, 3.8) is 0 Å². The average Bonchev–Trinajstić information content (AvgIpc) is 2.21. The largest absolute Gasteiger partial charge is 0.0470 e. The fourth-order valence-corrected chi connectivity index (χ4v) is 4.62. The Morgan fingerprint density at radius 3 is 2.00 bits per heavy atom. The minimum atomic E-state index is 1.23. The monoisotopic (exact) mass is 120 g/mol. The topological polar surface area (TPSA) is 0 Å². The van der Waals surface area contributed by atoms with E-state index >= 15 is 0 Å². The van der Waals surface area contributed by atoms with Crippen LogP contribution in [0.3, 0.4) is 0 Å². The summed E-state index contributed by atoms with van der Waals surface area (Å²) in [4.78, 5) is 0. The van der Waals surface area contributed by atoms with Gasteiger partial charge >= 0.3 is 0 Å². The third-order valence-electron chi connectivity index (χ3n) is 4.69. The van der Waals surface area contributed by atoms with Crippen LogP contribution in [0.4, 0.5) is 0 Å². The van der Waals surface area contributed by atoms with Gasteiger partial charge in [0.1, 0.15) is 0 Å². The van der Waals surface area contributed by atoms with Crippen molar-refractivity contribution >= 4 is 0 Å². The molecule has 4 saturated carbocycles. The van der Waals surface area contributed by atoms with E-state index in [0.29, 0.717) is 0 Å². The van der Waals surface area contributed by atoms with Gasteiger partial charge in [0.25, 0.3) is 0 Å². The number of hydrogen-bond donors (Lipinski definition) is 0. The quantitative estimate of drug-likeness (QED) is 0.458. The summed E-state index contributed by atoms with van der Waals surface area (Å²) in [6.07, 6.45) is 4.94. The van der Waals surface area contributed by atoms with Crippen molar-refractivity contribution in [1.29, 1.82) is 0 Å². The lowest BCUT2D eigenvalue weighted by Crippen LogP contribution is -2.12. The van der Waals surface area contributed by atoms with Gasteiger partial charge < -0.3 is 0 Å². The molecular formula is C9H12. The van der Waals surface area contributed by atoms with Crippen LogP contribution in [0.15, 0.2) is 0 Å². The van der Waals surface area contributed by atoms with E-state index < -0.39 is 0 Å². The maximum atomic E-state index is 1.65. The molecule has 6 atom stereocenters. The lowest BCUT2D eigenvalue weighted by atomic mass is 9.86. The van der Waals surface area contributed by atoms with Gasteiger partial charge in [-0.2, -0.15) is 0 Å². The van der Waals surface area contributed by atoms with Gasteiger partial charge in [0.15, 0.2) is 0 Å². The van der Waals surface area contributed by atoms with Gasteiger partial charge in [-0.05, 0) is 54.8 Å². The third-order valence-corrected chi connectivity index (χ3v) is 4.69. The molecule has 0 spiro atoms. The highest BCUT2D eigenvalue weighted by Crippen LogP contribution is 2.78. The molecule has 0 saturated heterocycles. The van der Waals surface area contributed by atoms with E-state index in [4.69, 9.17) is 0 Å². The molecule has 0 N–H and O–H groups in total. The summed E-state index contributed by atoms with van der Waals surface area (Å²) < 4.78 is 0. The van der Waals surface area contributed by atoms with Crippen LogP contribution in [0.1, 0.15) is 19.3 Å². The molecule has 48 valence electrons. The van der Waals surface area contributed by atoms with Crippen LogP contribution in [0.5, 0.6) is 0 Å². The van der Waals surface area contributed by atoms with Crippen molar-refractivity contribution in [2.24, 2.45) is 35.5 Å². The molecule has 0 heterocycles. The van der Waals surface area contributed by atoms with E-state index in [9.17, 15) is 0 Å². The van der Waals surface area contributed by atoms with Gasteiger partial charge in [-0.1, -0.05) is 0 Å². The minimum absolute atomic E-state index is 1.23. The molecular weight excluding hydrogens is 108 g/mol. The van der Waals surface area contributed by atoms with Gasteiger partial charge in [-0.15, -0.1) is 0 Å². The van der Waals surface area contributed by atoms with Crippen molar-refractivity contribution in [3.05, 3.63) is 0 Å². The second kappa shape index (κ2) is 0.889. The maximum Gasteiger partial charge on any atom is -0.0318 e. The molecule has 6 unspecified atom stereocenters. The van der Waals surface area contributed by atoms with Crippen molar-refractivity contribution in [2.75, 3.05) is 0 Å². The zero-order valence-corrected chi connectivity index (χ0v) is 5.59. The van der Waals surface area contributed by atoms with Gasteiger partial charge in [-0.25, -0.2) is 0 Å². The zero-order chi connectivity index (χ0) is 5.59. The number of fused-ring (bicyclic) bond motifs is 3. The van der Waals surface area contributed by atoms with E-state index in [1.807, 2.05) is 0 Å². The molecule has 0 amide bonds. The molecule has 0 heteroatoms. The summed E-state index contributed by atoms with van der Waals surface area (Å²) in [5.74, 6) is 7.56. The van der Waals surface area contributed by atoms with E-state index in [1.54, 1.807) is 19.3 Å². The predicted molar refractivity (Wildman–Crippen MR) is 34.8 cm³/mol. The van der Waals surface area contributed by atoms with Crippen LogP contribution in [0.25, 0.3) is 0 Å². The van der Waals surface area contributed by atoms with Crippen molar-refractivity contribution in [2.45, 2.75) is 19.3 Å². The molecule has 4 aliphatic carbocycles. The first-order valence-corrected chi connectivity index (χ1v) is 4.45. The Morgan fingerprint density at radius 2 is 1.56 bits per heavy atom. The van der Waals surface area contributed by atoms with Gasteiger partial charge in [0.05, 0.1) is 0 Å². The Morgan fingerprint density at radius 1 is 0.667 bits per heavy atom. The Balaban J connectivity index is 1.99. The lowest BCUT2D eigenvalue weighted by molar-refractivity contribution is 0.299. The van der Waals surface area contributed by atoms with E-state index in [0.717, 1.165) is 0 Å².